The molecule has 1 aliphatic rings. The van der Waals surface area contributed by atoms with Crippen molar-refractivity contribution in [2.24, 2.45) is 5.92 Å². The molecule has 0 saturated carbocycles. The minimum Gasteiger partial charge on any atom is -0.449 e. The van der Waals surface area contributed by atoms with Gasteiger partial charge in [0.25, 0.3) is 0 Å². The van der Waals surface area contributed by atoms with Crippen molar-refractivity contribution < 1.29 is 9.53 Å². The van der Waals surface area contributed by atoms with E-state index < -0.39 is 0 Å². The van der Waals surface area contributed by atoms with E-state index in [-0.39, 0.29) is 11.5 Å². The normalized spacial score (nSPS) is 16.6. The molecule has 0 radical (unpaired) electrons. The van der Waals surface area contributed by atoms with E-state index >= 15 is 0 Å². The van der Waals surface area contributed by atoms with E-state index in [1.54, 1.807) is 0 Å². The number of hydrogen-bond acceptors (Lipinski definition) is 3. The molecule has 1 aromatic rings. The maximum Gasteiger partial charge on any atom is 0.409 e. The van der Waals surface area contributed by atoms with Crippen molar-refractivity contribution >= 4 is 17.7 Å². The molecule has 0 N–H and O–H groups in total. The Labute approximate surface area is 181 Å². The van der Waals surface area contributed by atoms with Crippen molar-refractivity contribution in [3.8, 4) is 0 Å². The van der Waals surface area contributed by atoms with Crippen molar-refractivity contribution in [3.63, 3.8) is 0 Å². The molecule has 0 bridgehead atoms. The number of carbonyl (C=O) groups excluding carboxylic acids is 1. The highest BCUT2D eigenvalue weighted by Gasteiger charge is 2.31. The Kier molecular flexibility index (Phi) is 8.59. The number of ether oxygens (including phenoxy) is 1. The summed E-state index contributed by atoms with van der Waals surface area (Å²) in [6, 6.07) is 8.53. The van der Waals surface area contributed by atoms with Crippen molar-refractivity contribution in [1.29, 1.82) is 0 Å². The van der Waals surface area contributed by atoms with Gasteiger partial charge in [0.1, 0.15) is 0 Å². The molecule has 0 aliphatic carbocycles. The molecule has 0 spiro atoms. The second kappa shape index (κ2) is 10.5. The summed E-state index contributed by atoms with van der Waals surface area (Å²) in [6.07, 6.45) is 3.20. The van der Waals surface area contributed by atoms with Crippen LogP contribution in [0.25, 0.3) is 0 Å². The second-order valence-corrected chi connectivity index (χ2v) is 9.84. The minimum atomic E-state index is -0.182. The maximum atomic E-state index is 12.3. The number of nitrogens with zero attached hydrogens (tertiary/aromatic N) is 2. The number of allylic oxidation sites excluding steroid dienone is 1. The Morgan fingerprint density at radius 3 is 2.24 bits per heavy atom. The van der Waals surface area contributed by atoms with Crippen LogP contribution < -0.4 is 0 Å². The predicted molar refractivity (Wildman–Crippen MR) is 122 cm³/mol. The summed E-state index contributed by atoms with van der Waals surface area (Å²) < 4.78 is 5.40. The topological polar surface area (TPSA) is 32.8 Å². The molecule has 1 amide bonds. The first-order chi connectivity index (χ1) is 13.6. The standard InChI is InChI=1S/C24H37ClN2O2/c1-18(2)15-22(16-24(5,6)20-7-9-21(25)10-8-20)26-11-13-27(14-12-26)23(28)29-17-19(3)4/h7-10,15,19,22H,11-14,16-17H2,1-6H3. The van der Waals surface area contributed by atoms with Gasteiger partial charge in [0.2, 0.25) is 0 Å². The fourth-order valence-corrected chi connectivity index (χ4v) is 3.91. The highest BCUT2D eigenvalue weighted by Crippen LogP contribution is 2.32. The first kappa shape index (κ1) is 23.8. The van der Waals surface area contributed by atoms with Crippen molar-refractivity contribution in [2.45, 2.75) is 59.4 Å². The fourth-order valence-electron chi connectivity index (χ4n) is 3.79. The summed E-state index contributed by atoms with van der Waals surface area (Å²) in [6.45, 7) is 16.6. The number of hydrogen-bond donors (Lipinski definition) is 0. The van der Waals surface area contributed by atoms with Gasteiger partial charge in [0, 0.05) is 37.2 Å². The highest BCUT2D eigenvalue weighted by atomic mass is 35.5. The predicted octanol–water partition coefficient (Wildman–Crippen LogP) is 5.75. The minimum absolute atomic E-state index is 0.0224. The van der Waals surface area contributed by atoms with Gasteiger partial charge in [-0.1, -0.05) is 63.1 Å². The third-order valence-corrected chi connectivity index (χ3v) is 5.70. The third kappa shape index (κ3) is 7.35. The molecule has 2 rings (SSSR count). The zero-order valence-corrected chi connectivity index (χ0v) is 19.6. The molecule has 0 aromatic heterocycles. The summed E-state index contributed by atoms with van der Waals surface area (Å²) in [5.41, 5.74) is 2.64. The first-order valence-corrected chi connectivity index (χ1v) is 11.0. The lowest BCUT2D eigenvalue weighted by molar-refractivity contribution is 0.0599. The van der Waals surface area contributed by atoms with E-state index in [1.165, 1.54) is 11.1 Å². The lowest BCUT2D eigenvalue weighted by Crippen LogP contribution is -2.52. The summed E-state index contributed by atoms with van der Waals surface area (Å²) in [7, 11) is 0. The molecule has 29 heavy (non-hydrogen) atoms. The third-order valence-electron chi connectivity index (χ3n) is 5.45. The van der Waals surface area contributed by atoms with Gasteiger partial charge in [-0.25, -0.2) is 4.79 Å². The van der Waals surface area contributed by atoms with Crippen LogP contribution in [0.1, 0.15) is 53.5 Å². The Bertz CT molecular complexity index is 685. The smallest absolute Gasteiger partial charge is 0.409 e. The Morgan fingerprint density at radius 2 is 1.72 bits per heavy atom. The SMILES string of the molecule is CC(C)=CC(CC(C)(C)c1ccc(Cl)cc1)N1CCN(C(=O)OCC(C)C)CC1. The average molecular weight is 421 g/mol. The van der Waals surface area contributed by atoms with Gasteiger partial charge in [-0.3, -0.25) is 4.90 Å². The van der Waals surface area contributed by atoms with Gasteiger partial charge >= 0.3 is 6.09 Å². The monoisotopic (exact) mass is 420 g/mol. The largest absolute Gasteiger partial charge is 0.449 e. The number of carbonyl (C=O) groups is 1. The molecule has 1 fully saturated rings. The van der Waals surface area contributed by atoms with Gasteiger partial charge in [0.15, 0.2) is 0 Å². The summed E-state index contributed by atoms with van der Waals surface area (Å²) in [5, 5.41) is 0.769. The summed E-state index contributed by atoms with van der Waals surface area (Å²) in [5.74, 6) is 0.359. The fraction of sp³-hybridized carbons (Fsp3) is 0.625. The zero-order chi connectivity index (χ0) is 21.6. The number of halogens is 1. The van der Waals surface area contributed by atoms with E-state index in [0.717, 1.165) is 24.5 Å². The molecule has 162 valence electrons. The number of amides is 1. The molecule has 1 atom stereocenters. The van der Waals surface area contributed by atoms with Crippen LogP contribution in [-0.2, 0) is 10.2 Å². The van der Waals surface area contributed by atoms with Crippen LogP contribution in [0.5, 0.6) is 0 Å². The van der Waals surface area contributed by atoms with Gasteiger partial charge < -0.3 is 9.64 Å². The number of benzene rings is 1. The molecule has 1 aromatic carbocycles. The van der Waals surface area contributed by atoms with Crippen LogP contribution in [0.3, 0.4) is 0 Å². The quantitative estimate of drug-likeness (QED) is 0.526. The van der Waals surface area contributed by atoms with E-state index in [4.69, 9.17) is 16.3 Å². The van der Waals surface area contributed by atoms with Gasteiger partial charge in [-0.05, 0) is 49.3 Å². The van der Waals surface area contributed by atoms with Gasteiger partial charge in [-0.2, -0.15) is 0 Å². The molecule has 1 saturated heterocycles. The molecule has 1 aliphatic heterocycles. The van der Waals surface area contributed by atoms with Gasteiger partial charge in [-0.15, -0.1) is 0 Å². The number of rotatable bonds is 7. The molecule has 4 nitrogen and oxygen atoms in total. The van der Waals surface area contributed by atoms with E-state index in [9.17, 15) is 4.79 Å². The second-order valence-electron chi connectivity index (χ2n) is 9.40. The zero-order valence-electron chi connectivity index (χ0n) is 18.9. The van der Waals surface area contributed by atoms with Crippen molar-refractivity contribution in [2.75, 3.05) is 32.8 Å². The Morgan fingerprint density at radius 1 is 1.14 bits per heavy atom. The van der Waals surface area contributed by atoms with Crippen molar-refractivity contribution in [1.82, 2.24) is 9.80 Å². The van der Waals surface area contributed by atoms with Crippen LogP contribution in [0.2, 0.25) is 5.02 Å². The summed E-state index contributed by atoms with van der Waals surface area (Å²) in [4.78, 5) is 16.6. The van der Waals surface area contributed by atoms with E-state index in [0.29, 0.717) is 31.7 Å². The van der Waals surface area contributed by atoms with Gasteiger partial charge in [0.05, 0.1) is 6.61 Å². The lowest BCUT2D eigenvalue weighted by Gasteiger charge is -2.41. The lowest BCUT2D eigenvalue weighted by atomic mass is 9.78. The molecular weight excluding hydrogens is 384 g/mol. The Hall–Kier alpha value is -1.52. The van der Waals surface area contributed by atoms with Crippen LogP contribution in [0.4, 0.5) is 4.79 Å². The van der Waals surface area contributed by atoms with Crippen LogP contribution in [-0.4, -0.2) is 54.7 Å². The molecule has 1 unspecified atom stereocenters. The van der Waals surface area contributed by atoms with Crippen LogP contribution in [0.15, 0.2) is 35.9 Å². The average Bonchev–Trinajstić information content (AvgIpc) is 2.65. The molecule has 1 heterocycles. The van der Waals surface area contributed by atoms with Crippen LogP contribution >= 0.6 is 11.6 Å². The van der Waals surface area contributed by atoms with Crippen LogP contribution in [0, 0.1) is 5.92 Å². The molecule has 5 heteroatoms. The first-order valence-electron chi connectivity index (χ1n) is 10.7. The molecular formula is C24H37ClN2O2. The van der Waals surface area contributed by atoms with Crippen molar-refractivity contribution in [3.05, 3.63) is 46.5 Å². The maximum absolute atomic E-state index is 12.3. The van der Waals surface area contributed by atoms with E-state index in [1.807, 2.05) is 17.0 Å². The Balaban J connectivity index is 2.03. The summed E-state index contributed by atoms with van der Waals surface area (Å²) >= 11 is 6.08. The number of piperazine rings is 1. The highest BCUT2D eigenvalue weighted by molar-refractivity contribution is 6.30. The van der Waals surface area contributed by atoms with E-state index in [2.05, 4.69) is 64.7 Å².